The zero-order valence-corrected chi connectivity index (χ0v) is 43.4. The highest BCUT2D eigenvalue weighted by atomic mass is 19.4. The number of aryl methyl sites for hydroxylation is 6. The second-order valence-electron chi connectivity index (χ2n) is 20.5. The third-order valence-electron chi connectivity index (χ3n) is 15.4. The summed E-state index contributed by atoms with van der Waals surface area (Å²) in [4.78, 5) is 4.40. The maximum atomic E-state index is 14.0. The lowest BCUT2D eigenvalue weighted by molar-refractivity contribution is -0.138. The van der Waals surface area contributed by atoms with Crippen LogP contribution in [0.15, 0.2) is 182 Å². The lowest BCUT2D eigenvalue weighted by Crippen LogP contribution is -2.05. The second kappa shape index (κ2) is 18.5. The Morgan fingerprint density at radius 1 is 0.359 bits per heavy atom. The molecule has 0 aliphatic heterocycles. The van der Waals surface area contributed by atoms with Gasteiger partial charge in [-0.1, -0.05) is 108 Å². The molecule has 0 bridgehead atoms. The third kappa shape index (κ3) is 8.47. The van der Waals surface area contributed by atoms with Crippen LogP contribution < -0.4 is 0 Å². The number of rotatable bonds is 7. The SMILES string of the molecule is Cc1ccc(-c2ccc3c4ccc(-c5ccc(C(F)(F)F)cc5C)cc4n(-c4cc(-c5ccncc5)c(-n5c6cc(-c7ccc(C)cc7C)ccc6c6ccc(-c7ccc(C(F)(F)F)cc7C)cc65)cc4C#N)c3c2)c(C)c1. The zero-order chi connectivity index (χ0) is 54.5. The summed E-state index contributed by atoms with van der Waals surface area (Å²) in [6, 6.07) is 55.4. The number of fused-ring (bicyclic) bond motifs is 6. The molecule has 4 nitrogen and oxygen atoms in total. The average molecular weight is 1040 g/mol. The highest BCUT2D eigenvalue weighted by Gasteiger charge is 2.32. The van der Waals surface area contributed by atoms with E-state index in [4.69, 9.17) is 0 Å². The first-order chi connectivity index (χ1) is 37.3. The maximum absolute atomic E-state index is 14.0. The Labute approximate surface area is 446 Å². The lowest BCUT2D eigenvalue weighted by Gasteiger charge is -2.20. The van der Waals surface area contributed by atoms with E-state index in [-0.39, 0.29) is 0 Å². The fraction of sp³-hybridized carbons (Fsp3) is 0.118. The number of aromatic nitrogens is 3. The van der Waals surface area contributed by atoms with Gasteiger partial charge in [-0.25, -0.2) is 0 Å². The predicted octanol–water partition coefficient (Wildman–Crippen LogP) is 19.4. The minimum atomic E-state index is -4.51. The summed E-state index contributed by atoms with van der Waals surface area (Å²) < 4.78 is 88.1. The number of nitrogens with zero attached hydrogens (tertiary/aromatic N) is 4. The van der Waals surface area contributed by atoms with Crippen LogP contribution in [0, 0.1) is 52.9 Å². The molecule has 0 aliphatic rings. The van der Waals surface area contributed by atoms with E-state index in [1.807, 2.05) is 60.7 Å². The van der Waals surface area contributed by atoms with Crippen LogP contribution in [0.4, 0.5) is 26.3 Å². The van der Waals surface area contributed by atoms with Crippen LogP contribution >= 0.6 is 0 Å². The van der Waals surface area contributed by atoms with Gasteiger partial charge in [-0.3, -0.25) is 4.98 Å². The van der Waals surface area contributed by atoms with Crippen LogP contribution in [0.1, 0.15) is 50.1 Å². The number of alkyl halides is 6. The summed E-state index contributed by atoms with van der Waals surface area (Å²) in [6.07, 6.45) is -5.56. The van der Waals surface area contributed by atoms with Crippen molar-refractivity contribution in [3.05, 3.63) is 232 Å². The normalized spacial score (nSPS) is 12.1. The molecule has 382 valence electrons. The van der Waals surface area contributed by atoms with E-state index in [2.05, 4.69) is 121 Å². The van der Waals surface area contributed by atoms with Gasteiger partial charge in [-0.05, 0) is 187 Å². The van der Waals surface area contributed by atoms with Gasteiger partial charge in [0, 0.05) is 39.5 Å². The molecule has 3 heterocycles. The molecular weight excluding hydrogens is 987 g/mol. The predicted molar refractivity (Wildman–Crippen MR) is 303 cm³/mol. The molecule has 0 radical (unpaired) electrons. The topological polar surface area (TPSA) is 46.5 Å². The van der Waals surface area contributed by atoms with Crippen LogP contribution in [0.25, 0.3) is 111 Å². The molecule has 78 heavy (non-hydrogen) atoms. The Hall–Kier alpha value is -9.20. The largest absolute Gasteiger partial charge is 0.416 e. The fourth-order valence-corrected chi connectivity index (χ4v) is 11.6. The van der Waals surface area contributed by atoms with Crippen molar-refractivity contribution in [1.29, 1.82) is 5.26 Å². The minimum absolute atomic E-state index is 0.338. The molecule has 0 amide bonds. The molecule has 12 rings (SSSR count). The maximum Gasteiger partial charge on any atom is 0.416 e. The smallest absolute Gasteiger partial charge is 0.309 e. The molecular formula is C68H48F6N4. The molecule has 3 aromatic heterocycles. The van der Waals surface area contributed by atoms with Gasteiger partial charge >= 0.3 is 12.4 Å². The Balaban J connectivity index is 1.17. The van der Waals surface area contributed by atoms with Crippen molar-refractivity contribution >= 4 is 43.6 Å². The summed E-state index contributed by atoms with van der Waals surface area (Å²) >= 11 is 0. The van der Waals surface area contributed by atoms with Gasteiger partial charge in [-0.15, -0.1) is 0 Å². The van der Waals surface area contributed by atoms with Gasteiger partial charge < -0.3 is 9.13 Å². The Morgan fingerprint density at radius 3 is 1.06 bits per heavy atom. The average Bonchev–Trinajstić information content (AvgIpc) is 4.16. The standard InChI is InChI=1S/C68H48F6N4/c1-38-7-15-52(40(3)27-38)45-9-17-56-57-18-11-47(54-21-13-50(29-42(54)5)67(69,70)71)32-63(57)77(62(56)31-45)61-36-60(44-23-25-76-26-24-44)66(35-49(61)37-75)78-64-33-46(53-16-8-39(2)28-41(53)4)10-19-58(64)59-20-12-48(34-65(59)78)55-22-14-51(30-43(55)6)68(72,73)74/h7-36H,1-6H3. The number of hydrogen-bond donors (Lipinski definition) is 0. The molecule has 0 saturated heterocycles. The molecule has 9 aromatic carbocycles. The molecule has 0 unspecified atom stereocenters. The first-order valence-electron chi connectivity index (χ1n) is 25.5. The van der Waals surface area contributed by atoms with Gasteiger partial charge in [0.25, 0.3) is 0 Å². The Morgan fingerprint density at radius 2 is 0.718 bits per heavy atom. The van der Waals surface area contributed by atoms with E-state index in [0.29, 0.717) is 44.8 Å². The zero-order valence-electron chi connectivity index (χ0n) is 43.4. The van der Waals surface area contributed by atoms with E-state index in [1.54, 1.807) is 26.2 Å². The molecule has 0 saturated carbocycles. The second-order valence-corrected chi connectivity index (χ2v) is 20.5. The van der Waals surface area contributed by atoms with Crippen molar-refractivity contribution in [2.75, 3.05) is 0 Å². The molecule has 0 atom stereocenters. The van der Waals surface area contributed by atoms with Gasteiger partial charge in [0.15, 0.2) is 0 Å². The monoisotopic (exact) mass is 1030 g/mol. The first-order valence-corrected chi connectivity index (χ1v) is 25.5. The lowest BCUT2D eigenvalue weighted by atomic mass is 9.96. The molecule has 0 aliphatic carbocycles. The third-order valence-corrected chi connectivity index (χ3v) is 15.4. The van der Waals surface area contributed by atoms with Crippen LogP contribution in [-0.2, 0) is 12.4 Å². The van der Waals surface area contributed by atoms with E-state index in [1.165, 1.54) is 24.3 Å². The van der Waals surface area contributed by atoms with Crippen molar-refractivity contribution in [3.8, 4) is 73.1 Å². The van der Waals surface area contributed by atoms with Crippen molar-refractivity contribution < 1.29 is 26.3 Å². The minimum Gasteiger partial charge on any atom is -0.309 e. The van der Waals surface area contributed by atoms with Crippen LogP contribution in [0.2, 0.25) is 0 Å². The van der Waals surface area contributed by atoms with Crippen molar-refractivity contribution in [2.45, 2.75) is 53.9 Å². The summed E-state index contributed by atoms with van der Waals surface area (Å²) in [7, 11) is 0. The summed E-state index contributed by atoms with van der Waals surface area (Å²) in [6.45, 7) is 11.7. The number of halogens is 6. The van der Waals surface area contributed by atoms with Crippen LogP contribution in [-0.4, -0.2) is 14.1 Å². The van der Waals surface area contributed by atoms with Crippen molar-refractivity contribution in [3.63, 3.8) is 0 Å². The van der Waals surface area contributed by atoms with Crippen molar-refractivity contribution in [2.24, 2.45) is 0 Å². The number of nitriles is 1. The quantitative estimate of drug-likeness (QED) is 0.149. The fourth-order valence-electron chi connectivity index (χ4n) is 11.6. The van der Waals surface area contributed by atoms with Crippen LogP contribution in [0.5, 0.6) is 0 Å². The van der Waals surface area contributed by atoms with Crippen LogP contribution in [0.3, 0.4) is 0 Å². The summed E-state index contributed by atoms with van der Waals surface area (Å²) in [5.41, 5.74) is 17.1. The first kappa shape index (κ1) is 49.7. The number of hydrogen-bond acceptors (Lipinski definition) is 2. The molecule has 12 aromatic rings. The van der Waals surface area contributed by atoms with E-state index >= 15 is 0 Å². The molecule has 10 heteroatoms. The molecule has 0 N–H and O–H groups in total. The van der Waals surface area contributed by atoms with Crippen molar-refractivity contribution in [1.82, 2.24) is 14.1 Å². The van der Waals surface area contributed by atoms with Gasteiger partial charge in [-0.2, -0.15) is 31.6 Å². The Bertz CT molecular complexity index is 4490. The summed E-state index contributed by atoms with van der Waals surface area (Å²) in [5.74, 6) is 0. The highest BCUT2D eigenvalue weighted by Crippen LogP contribution is 2.45. The highest BCUT2D eigenvalue weighted by molar-refractivity contribution is 6.13. The van der Waals surface area contributed by atoms with Gasteiger partial charge in [0.2, 0.25) is 0 Å². The summed E-state index contributed by atoms with van der Waals surface area (Å²) in [5, 5.41) is 15.3. The van der Waals surface area contributed by atoms with E-state index in [0.717, 1.165) is 117 Å². The molecule has 0 fully saturated rings. The van der Waals surface area contributed by atoms with Gasteiger partial charge in [0.1, 0.15) is 6.07 Å². The van der Waals surface area contributed by atoms with E-state index in [9.17, 15) is 31.6 Å². The van der Waals surface area contributed by atoms with E-state index < -0.39 is 23.5 Å². The number of benzene rings is 9. The Kier molecular flexibility index (Phi) is 11.8. The molecule has 0 spiro atoms. The van der Waals surface area contributed by atoms with Gasteiger partial charge in [0.05, 0.1) is 50.1 Å². The number of pyridine rings is 1.